The number of benzene rings is 1. The number of amides is 1. The van der Waals surface area contributed by atoms with Crippen LogP contribution in [0.3, 0.4) is 0 Å². The number of carbonyl (C=O) groups is 1. The summed E-state index contributed by atoms with van der Waals surface area (Å²) in [6, 6.07) is 5.01. The molecule has 0 heterocycles. The molecular weight excluding hydrogens is 266 g/mol. The van der Waals surface area contributed by atoms with Gasteiger partial charge in [-0.2, -0.15) is 0 Å². The van der Waals surface area contributed by atoms with Crippen molar-refractivity contribution >= 4 is 11.6 Å². The highest BCUT2D eigenvalue weighted by atomic mass is 19.3. The molecule has 6 heteroatoms. The highest BCUT2D eigenvalue weighted by Crippen LogP contribution is 2.23. The van der Waals surface area contributed by atoms with Gasteiger partial charge < -0.3 is 15.4 Å². The first kappa shape index (κ1) is 16.4. The minimum absolute atomic E-state index is 0.107. The molecule has 112 valence electrons. The van der Waals surface area contributed by atoms with Crippen molar-refractivity contribution in [2.24, 2.45) is 0 Å². The Bertz CT molecular complexity index is 439. The summed E-state index contributed by atoms with van der Waals surface area (Å²) in [6.45, 7) is 1.88. The van der Waals surface area contributed by atoms with Crippen molar-refractivity contribution in [3.8, 4) is 5.75 Å². The molecule has 0 aliphatic carbocycles. The number of rotatable bonds is 8. The van der Waals surface area contributed by atoms with Crippen LogP contribution in [0.15, 0.2) is 18.2 Å². The van der Waals surface area contributed by atoms with E-state index in [2.05, 4.69) is 10.6 Å². The molecule has 0 atom stereocenters. The first-order chi connectivity index (χ1) is 9.52. The van der Waals surface area contributed by atoms with E-state index in [9.17, 15) is 13.6 Å². The van der Waals surface area contributed by atoms with Crippen molar-refractivity contribution in [3.05, 3.63) is 23.8 Å². The summed E-state index contributed by atoms with van der Waals surface area (Å²) in [5, 5.41) is 5.68. The van der Waals surface area contributed by atoms with E-state index >= 15 is 0 Å². The fraction of sp³-hybridized carbons (Fsp3) is 0.500. The number of aryl methyl sites for hydroxylation is 1. The van der Waals surface area contributed by atoms with E-state index in [1.807, 2.05) is 7.05 Å². The Morgan fingerprint density at radius 3 is 2.80 bits per heavy atom. The summed E-state index contributed by atoms with van der Waals surface area (Å²) in [6.07, 6.45) is -1.38. The molecule has 0 saturated carbocycles. The number of carbonyl (C=O) groups excluding carboxylic acids is 1. The maximum Gasteiger partial charge on any atom is 0.272 e. The zero-order valence-electron chi connectivity index (χ0n) is 11.7. The van der Waals surface area contributed by atoms with Crippen LogP contribution >= 0.6 is 0 Å². The maximum absolute atomic E-state index is 12.1. The molecule has 0 fully saturated rings. The molecule has 20 heavy (non-hydrogen) atoms. The predicted octanol–water partition coefficient (Wildman–Crippen LogP) is 2.58. The Morgan fingerprint density at radius 2 is 2.15 bits per heavy atom. The van der Waals surface area contributed by atoms with Gasteiger partial charge in [0.05, 0.1) is 0 Å². The molecule has 4 nitrogen and oxygen atoms in total. The Morgan fingerprint density at radius 1 is 1.40 bits per heavy atom. The predicted molar refractivity (Wildman–Crippen MR) is 74.5 cm³/mol. The van der Waals surface area contributed by atoms with Crippen LogP contribution < -0.4 is 15.4 Å². The van der Waals surface area contributed by atoms with E-state index in [1.165, 1.54) is 0 Å². The van der Waals surface area contributed by atoms with Crippen LogP contribution in [0.1, 0.15) is 18.4 Å². The van der Waals surface area contributed by atoms with Gasteiger partial charge in [0.15, 0.2) is 0 Å². The van der Waals surface area contributed by atoms with Gasteiger partial charge in [-0.05, 0) is 38.6 Å². The van der Waals surface area contributed by atoms with Crippen LogP contribution in [-0.2, 0) is 4.79 Å². The van der Waals surface area contributed by atoms with Crippen LogP contribution in [-0.4, -0.2) is 32.5 Å². The van der Waals surface area contributed by atoms with Gasteiger partial charge in [0.1, 0.15) is 12.4 Å². The van der Waals surface area contributed by atoms with Crippen LogP contribution in [0.4, 0.5) is 14.5 Å². The molecule has 0 spiro atoms. The van der Waals surface area contributed by atoms with Crippen molar-refractivity contribution in [2.75, 3.05) is 25.5 Å². The molecule has 0 aromatic heterocycles. The third kappa shape index (κ3) is 5.97. The van der Waals surface area contributed by atoms with E-state index in [-0.39, 0.29) is 5.91 Å². The number of halogens is 2. The number of nitrogens with one attached hydrogen (secondary N) is 2. The van der Waals surface area contributed by atoms with Crippen LogP contribution in [0.2, 0.25) is 0 Å². The second-order valence-electron chi connectivity index (χ2n) is 4.44. The lowest BCUT2D eigenvalue weighted by Gasteiger charge is -2.11. The molecule has 0 radical (unpaired) electrons. The van der Waals surface area contributed by atoms with Crippen molar-refractivity contribution < 1.29 is 18.3 Å². The summed E-state index contributed by atoms with van der Waals surface area (Å²) in [5.41, 5.74) is 1.30. The highest BCUT2D eigenvalue weighted by molar-refractivity contribution is 5.90. The second-order valence-corrected chi connectivity index (χ2v) is 4.44. The zero-order valence-corrected chi connectivity index (χ0v) is 11.7. The van der Waals surface area contributed by atoms with Crippen molar-refractivity contribution in [1.29, 1.82) is 0 Å². The van der Waals surface area contributed by atoms with Gasteiger partial charge in [0.25, 0.3) is 6.43 Å². The average molecular weight is 286 g/mol. The Hall–Kier alpha value is -1.69. The van der Waals surface area contributed by atoms with Crippen molar-refractivity contribution in [1.82, 2.24) is 5.32 Å². The largest absolute Gasteiger partial charge is 0.487 e. The fourth-order valence-corrected chi connectivity index (χ4v) is 1.64. The number of hydrogen-bond donors (Lipinski definition) is 2. The maximum atomic E-state index is 12.1. The zero-order chi connectivity index (χ0) is 15.0. The van der Waals surface area contributed by atoms with Gasteiger partial charge in [0.2, 0.25) is 5.91 Å². The lowest BCUT2D eigenvalue weighted by Crippen LogP contribution is -2.15. The molecule has 2 N–H and O–H groups in total. The molecule has 0 saturated heterocycles. The molecule has 1 rings (SSSR count). The summed E-state index contributed by atoms with van der Waals surface area (Å²) in [5.74, 6) is 0.252. The molecule has 0 bridgehead atoms. The lowest BCUT2D eigenvalue weighted by molar-refractivity contribution is -0.116. The smallest absolute Gasteiger partial charge is 0.272 e. The van der Waals surface area contributed by atoms with Gasteiger partial charge >= 0.3 is 0 Å². The number of anilines is 1. The minimum Gasteiger partial charge on any atom is -0.487 e. The third-order valence-corrected chi connectivity index (χ3v) is 2.67. The van der Waals surface area contributed by atoms with Crippen molar-refractivity contribution in [2.45, 2.75) is 26.2 Å². The highest BCUT2D eigenvalue weighted by Gasteiger charge is 2.08. The monoisotopic (exact) mass is 286 g/mol. The number of ether oxygens (including phenoxy) is 1. The summed E-state index contributed by atoms with van der Waals surface area (Å²) >= 11 is 0. The van der Waals surface area contributed by atoms with Gasteiger partial charge in [0, 0.05) is 18.2 Å². The standard InChI is InChI=1S/C14H20F2N2O2/c1-10-5-6-11(8-12(10)20-9-13(15)16)18-14(19)4-3-7-17-2/h5-6,8,13,17H,3-4,7,9H2,1-2H3,(H,18,19). The SMILES string of the molecule is CNCCCC(=O)Nc1ccc(C)c(OCC(F)F)c1. The second kappa shape index (κ2) is 8.47. The van der Waals surface area contributed by atoms with Gasteiger partial charge in [-0.25, -0.2) is 8.78 Å². The third-order valence-electron chi connectivity index (χ3n) is 2.67. The van der Waals surface area contributed by atoms with E-state index in [1.54, 1.807) is 25.1 Å². The van der Waals surface area contributed by atoms with E-state index in [0.29, 0.717) is 17.9 Å². The molecule has 0 aliphatic heterocycles. The van der Waals surface area contributed by atoms with Crippen molar-refractivity contribution in [3.63, 3.8) is 0 Å². The number of alkyl halides is 2. The fourth-order valence-electron chi connectivity index (χ4n) is 1.64. The minimum atomic E-state index is -2.52. The molecule has 1 amide bonds. The first-order valence-electron chi connectivity index (χ1n) is 6.49. The van der Waals surface area contributed by atoms with Gasteiger partial charge in [-0.3, -0.25) is 4.79 Å². The molecule has 1 aromatic carbocycles. The summed E-state index contributed by atoms with van der Waals surface area (Å²) in [4.78, 5) is 11.6. The Labute approximate surface area is 117 Å². The van der Waals surface area contributed by atoms with Crippen LogP contribution in [0, 0.1) is 6.92 Å². The first-order valence-corrected chi connectivity index (χ1v) is 6.49. The Balaban J connectivity index is 2.57. The van der Waals surface area contributed by atoms with E-state index in [4.69, 9.17) is 4.74 Å². The van der Waals surface area contributed by atoms with Crippen LogP contribution in [0.25, 0.3) is 0 Å². The average Bonchev–Trinajstić information content (AvgIpc) is 2.39. The molecule has 1 aromatic rings. The quantitative estimate of drug-likeness (QED) is 0.722. The number of hydrogen-bond acceptors (Lipinski definition) is 3. The summed E-state index contributed by atoms with van der Waals surface area (Å²) < 4.78 is 29.3. The van der Waals surface area contributed by atoms with E-state index in [0.717, 1.165) is 18.5 Å². The van der Waals surface area contributed by atoms with Gasteiger partial charge in [-0.1, -0.05) is 6.07 Å². The Kier molecular flexibility index (Phi) is 6.93. The molecule has 0 unspecified atom stereocenters. The summed E-state index contributed by atoms with van der Waals surface area (Å²) in [7, 11) is 1.82. The van der Waals surface area contributed by atoms with Crippen LogP contribution in [0.5, 0.6) is 5.75 Å². The van der Waals surface area contributed by atoms with E-state index < -0.39 is 13.0 Å². The molecule has 0 aliphatic rings. The topological polar surface area (TPSA) is 50.4 Å². The van der Waals surface area contributed by atoms with Gasteiger partial charge in [-0.15, -0.1) is 0 Å². The normalized spacial score (nSPS) is 10.7. The lowest BCUT2D eigenvalue weighted by atomic mass is 10.2. The molecular formula is C14H20F2N2O2.